The monoisotopic (exact) mass is 459 g/mol. The molecule has 154 valence electrons. The molecule has 0 amide bonds. The topological polar surface area (TPSA) is 68.1 Å². The predicted octanol–water partition coefficient (Wildman–Crippen LogP) is 5.62. The van der Waals surface area contributed by atoms with Crippen LogP contribution in [0.3, 0.4) is 0 Å². The summed E-state index contributed by atoms with van der Waals surface area (Å²) < 4.78 is 7.09. The van der Waals surface area contributed by atoms with Crippen LogP contribution >= 0.6 is 15.9 Å². The number of carboxylic acid groups (broad SMARTS) is 1. The van der Waals surface area contributed by atoms with E-state index in [0.29, 0.717) is 5.71 Å². The molecule has 0 radical (unpaired) electrons. The van der Waals surface area contributed by atoms with E-state index in [1.807, 2.05) is 36.4 Å². The molecular weight excluding hydrogens is 434 g/mol. The fourth-order valence-electron chi connectivity index (χ4n) is 3.39. The van der Waals surface area contributed by atoms with E-state index in [4.69, 9.17) is 9.57 Å². The number of ether oxygens (including phenoxy) is 1. The van der Waals surface area contributed by atoms with Gasteiger partial charge in [-0.3, -0.25) is 0 Å². The molecule has 1 N–H and O–H groups in total. The zero-order valence-electron chi connectivity index (χ0n) is 17.1. The highest BCUT2D eigenvalue weighted by molar-refractivity contribution is 9.10. The molecule has 0 fully saturated rings. The molecule has 2 unspecified atom stereocenters. The zero-order chi connectivity index (χ0) is 21.2. The maximum absolute atomic E-state index is 12.2. The van der Waals surface area contributed by atoms with E-state index in [1.165, 1.54) is 5.56 Å². The van der Waals surface area contributed by atoms with Crippen LogP contribution < -0.4 is 0 Å². The third-order valence-electron chi connectivity index (χ3n) is 5.08. The fraction of sp³-hybridized carbons (Fsp3) is 0.391. The number of halogens is 1. The van der Waals surface area contributed by atoms with Gasteiger partial charge in [-0.1, -0.05) is 78.3 Å². The molecule has 2 atom stereocenters. The Bertz CT molecular complexity index is 900. The lowest BCUT2D eigenvalue weighted by Gasteiger charge is -2.31. The van der Waals surface area contributed by atoms with Gasteiger partial charge >= 0.3 is 5.97 Å². The van der Waals surface area contributed by atoms with Crippen molar-refractivity contribution >= 4 is 27.6 Å². The van der Waals surface area contributed by atoms with Crippen LogP contribution in [0.25, 0.3) is 0 Å². The molecule has 0 aromatic heterocycles. The van der Waals surface area contributed by atoms with Crippen molar-refractivity contribution in [2.45, 2.75) is 57.8 Å². The molecule has 0 saturated heterocycles. The lowest BCUT2D eigenvalue weighted by atomic mass is 9.86. The summed E-state index contributed by atoms with van der Waals surface area (Å²) in [5, 5.41) is 13.9. The van der Waals surface area contributed by atoms with E-state index < -0.39 is 17.7 Å². The summed E-state index contributed by atoms with van der Waals surface area (Å²) in [6, 6.07) is 15.6. The van der Waals surface area contributed by atoms with E-state index in [9.17, 15) is 9.90 Å². The van der Waals surface area contributed by atoms with Crippen LogP contribution in [0, 0.1) is 0 Å². The van der Waals surface area contributed by atoms with Gasteiger partial charge in [0.2, 0.25) is 0 Å². The number of carbonyl (C=O) groups is 1. The average molecular weight is 460 g/mol. The second-order valence-electron chi connectivity index (χ2n) is 8.48. The van der Waals surface area contributed by atoms with Gasteiger partial charge in [0.25, 0.3) is 5.60 Å². The summed E-state index contributed by atoms with van der Waals surface area (Å²) >= 11 is 3.42. The second-order valence-corrected chi connectivity index (χ2v) is 9.39. The van der Waals surface area contributed by atoms with Gasteiger partial charge < -0.3 is 14.7 Å². The van der Waals surface area contributed by atoms with E-state index in [1.54, 1.807) is 6.92 Å². The number of rotatable bonds is 6. The molecule has 5 nitrogen and oxygen atoms in total. The van der Waals surface area contributed by atoms with Crippen molar-refractivity contribution < 1.29 is 19.5 Å². The molecule has 0 bridgehead atoms. The quantitative estimate of drug-likeness (QED) is 0.607. The van der Waals surface area contributed by atoms with Gasteiger partial charge in [-0.15, -0.1) is 0 Å². The van der Waals surface area contributed by atoms with Crippen molar-refractivity contribution in [2.75, 3.05) is 0 Å². The van der Waals surface area contributed by atoms with Crippen molar-refractivity contribution in [1.82, 2.24) is 0 Å². The maximum Gasteiger partial charge on any atom is 0.354 e. The van der Waals surface area contributed by atoms with Crippen LogP contribution in [0.2, 0.25) is 0 Å². The number of carboxylic acids is 1. The fourth-order valence-corrected chi connectivity index (χ4v) is 3.65. The van der Waals surface area contributed by atoms with E-state index in [2.05, 4.69) is 54.0 Å². The number of nitrogens with zero attached hydrogens (tertiary/aromatic N) is 1. The number of oxime groups is 1. The molecule has 3 rings (SSSR count). The molecule has 0 spiro atoms. The Morgan fingerprint density at radius 1 is 1.21 bits per heavy atom. The van der Waals surface area contributed by atoms with Gasteiger partial charge in [0.1, 0.15) is 6.10 Å². The highest BCUT2D eigenvalue weighted by atomic mass is 79.9. The first-order valence-electron chi connectivity index (χ1n) is 9.53. The largest absolute Gasteiger partial charge is 0.478 e. The van der Waals surface area contributed by atoms with Crippen LogP contribution in [0.4, 0.5) is 0 Å². The van der Waals surface area contributed by atoms with Crippen LogP contribution in [-0.2, 0) is 26.4 Å². The smallest absolute Gasteiger partial charge is 0.354 e. The molecule has 0 aliphatic carbocycles. The molecule has 2 aromatic rings. The highest BCUT2D eigenvalue weighted by Crippen LogP contribution is 2.40. The molecule has 1 heterocycles. The predicted molar refractivity (Wildman–Crippen MR) is 116 cm³/mol. The van der Waals surface area contributed by atoms with Crippen LogP contribution in [0.5, 0.6) is 0 Å². The first-order chi connectivity index (χ1) is 13.6. The Labute approximate surface area is 179 Å². The molecule has 29 heavy (non-hydrogen) atoms. The van der Waals surface area contributed by atoms with E-state index >= 15 is 0 Å². The van der Waals surface area contributed by atoms with Crippen molar-refractivity contribution in [2.24, 2.45) is 5.16 Å². The summed E-state index contributed by atoms with van der Waals surface area (Å²) in [6.07, 6.45) is -0.636. The Morgan fingerprint density at radius 2 is 1.83 bits per heavy atom. The SMILES string of the molecule is CC1=NOC(C(=O)O)(C(OCc2ccc(C(C)(C)C)cc2)c2ccc(Br)cc2)C1. The van der Waals surface area contributed by atoms with Gasteiger partial charge in [-0.25, -0.2) is 4.79 Å². The second kappa shape index (κ2) is 8.28. The first-order valence-corrected chi connectivity index (χ1v) is 10.3. The van der Waals surface area contributed by atoms with E-state index in [0.717, 1.165) is 15.6 Å². The van der Waals surface area contributed by atoms with Crippen LogP contribution in [-0.4, -0.2) is 22.4 Å². The summed E-state index contributed by atoms with van der Waals surface area (Å²) in [6.45, 7) is 8.52. The van der Waals surface area contributed by atoms with E-state index in [-0.39, 0.29) is 18.4 Å². The first kappa shape index (κ1) is 21.5. The lowest BCUT2D eigenvalue weighted by molar-refractivity contribution is -0.187. The summed E-state index contributed by atoms with van der Waals surface area (Å²) in [5.74, 6) is -1.09. The van der Waals surface area contributed by atoms with Gasteiger partial charge in [0, 0.05) is 10.9 Å². The van der Waals surface area contributed by atoms with Crippen molar-refractivity contribution in [3.8, 4) is 0 Å². The van der Waals surface area contributed by atoms with Crippen molar-refractivity contribution in [3.63, 3.8) is 0 Å². The number of aliphatic carboxylic acids is 1. The Morgan fingerprint density at radius 3 is 2.31 bits per heavy atom. The van der Waals surface area contributed by atoms with Gasteiger partial charge in [-0.05, 0) is 41.2 Å². The number of hydrogen-bond donors (Lipinski definition) is 1. The summed E-state index contributed by atoms with van der Waals surface area (Å²) in [7, 11) is 0. The minimum Gasteiger partial charge on any atom is -0.478 e. The molecule has 0 saturated carbocycles. The summed E-state index contributed by atoms with van der Waals surface area (Å²) in [5.41, 5.74) is 2.05. The molecular formula is C23H26BrNO4. The number of hydrogen-bond acceptors (Lipinski definition) is 4. The minimum atomic E-state index is -1.58. The third-order valence-corrected chi connectivity index (χ3v) is 5.61. The maximum atomic E-state index is 12.2. The highest BCUT2D eigenvalue weighted by Gasteiger charge is 2.54. The zero-order valence-corrected chi connectivity index (χ0v) is 18.7. The average Bonchev–Trinajstić information content (AvgIpc) is 3.06. The molecule has 2 aromatic carbocycles. The third kappa shape index (κ3) is 4.70. The van der Waals surface area contributed by atoms with Crippen molar-refractivity contribution in [3.05, 3.63) is 69.7 Å². The standard InChI is InChI=1S/C23H26BrNO4/c1-15-13-23(21(26)27,29-25-15)20(17-7-11-19(24)12-8-17)28-14-16-5-9-18(10-6-16)22(2,3)4/h5-12,20H,13-14H2,1-4H3,(H,26,27). The molecule has 6 heteroatoms. The van der Waals surface area contributed by atoms with Crippen molar-refractivity contribution in [1.29, 1.82) is 0 Å². The van der Waals surface area contributed by atoms with Crippen LogP contribution in [0.15, 0.2) is 58.2 Å². The van der Waals surface area contributed by atoms with Gasteiger partial charge in [-0.2, -0.15) is 0 Å². The van der Waals surface area contributed by atoms with Crippen LogP contribution in [0.1, 0.15) is 56.9 Å². The lowest BCUT2D eigenvalue weighted by Crippen LogP contribution is -2.45. The van der Waals surface area contributed by atoms with Gasteiger partial charge in [0.15, 0.2) is 0 Å². The molecule has 1 aliphatic heterocycles. The van der Waals surface area contributed by atoms with Gasteiger partial charge in [0.05, 0.1) is 12.3 Å². The Hall–Kier alpha value is -2.18. The minimum absolute atomic E-state index is 0.0687. The Balaban J connectivity index is 1.88. The molecule has 1 aliphatic rings. The number of benzene rings is 2. The summed E-state index contributed by atoms with van der Waals surface area (Å²) in [4.78, 5) is 17.7. The Kier molecular flexibility index (Phi) is 6.15. The normalized spacial score (nSPS) is 20.1.